The van der Waals surface area contributed by atoms with E-state index in [1.54, 1.807) is 12.1 Å². The van der Waals surface area contributed by atoms with Crippen molar-refractivity contribution in [3.63, 3.8) is 0 Å². The van der Waals surface area contributed by atoms with Gasteiger partial charge in [-0.2, -0.15) is 0 Å². The Morgan fingerprint density at radius 3 is 2.83 bits per heavy atom. The molecule has 5 heteroatoms. The summed E-state index contributed by atoms with van der Waals surface area (Å²) in [6.45, 7) is 4.44. The number of carboxylic acid groups (broad SMARTS) is 1. The van der Waals surface area contributed by atoms with Crippen LogP contribution >= 0.6 is 11.3 Å². The third-order valence-corrected chi connectivity index (χ3v) is 5.86. The van der Waals surface area contributed by atoms with E-state index in [1.165, 1.54) is 17.4 Å². The lowest BCUT2D eigenvalue weighted by Crippen LogP contribution is -2.22. The summed E-state index contributed by atoms with van der Waals surface area (Å²) in [5, 5.41) is 9.73. The molecule has 3 nitrogen and oxygen atoms in total. The molecule has 0 amide bonds. The predicted octanol–water partition coefficient (Wildman–Crippen LogP) is 4.23. The van der Waals surface area contributed by atoms with E-state index in [9.17, 15) is 14.3 Å². The normalized spacial score (nSPS) is 16.2. The van der Waals surface area contributed by atoms with Gasteiger partial charge >= 0.3 is 5.97 Å². The fraction of sp³-hybridized carbons (Fsp3) is 0.389. The molecule has 0 saturated heterocycles. The van der Waals surface area contributed by atoms with E-state index in [0.717, 1.165) is 40.1 Å². The number of aryl methyl sites for hydroxylation is 1. The maximum absolute atomic E-state index is 13.7. The molecule has 0 bridgehead atoms. The van der Waals surface area contributed by atoms with Crippen molar-refractivity contribution in [1.82, 2.24) is 0 Å². The first-order valence-electron chi connectivity index (χ1n) is 7.69. The summed E-state index contributed by atoms with van der Waals surface area (Å²) in [5.41, 5.74) is 8.17. The second-order valence-corrected chi connectivity index (χ2v) is 7.97. The molecule has 0 atom stereocenters. The standard InChI is InChI=1S/C18H20FNO2S/c1-18(2)6-5-14-12(8-18)15(17(21)22)16(23-14)10-3-4-13(19)11(7-10)9-20/h3-4,7H,5-6,8-9,20H2,1-2H3,(H,21,22). The van der Waals surface area contributed by atoms with Crippen molar-refractivity contribution < 1.29 is 14.3 Å². The molecule has 3 rings (SSSR count). The smallest absolute Gasteiger partial charge is 0.337 e. The molecule has 1 aromatic carbocycles. The number of thiophene rings is 1. The summed E-state index contributed by atoms with van der Waals surface area (Å²) in [6.07, 6.45) is 2.72. The van der Waals surface area contributed by atoms with Crippen LogP contribution in [0.1, 0.15) is 46.6 Å². The molecule has 0 fully saturated rings. The van der Waals surface area contributed by atoms with Gasteiger partial charge in [-0.3, -0.25) is 0 Å². The molecule has 1 heterocycles. The second kappa shape index (κ2) is 5.73. The van der Waals surface area contributed by atoms with Crippen molar-refractivity contribution in [2.24, 2.45) is 11.1 Å². The van der Waals surface area contributed by atoms with E-state index >= 15 is 0 Å². The number of carboxylic acids is 1. The average Bonchev–Trinajstić information content (AvgIpc) is 2.85. The quantitative estimate of drug-likeness (QED) is 0.883. The molecule has 1 aliphatic rings. The van der Waals surface area contributed by atoms with Gasteiger partial charge in [-0.1, -0.05) is 19.9 Å². The molecular formula is C18H20FNO2S. The van der Waals surface area contributed by atoms with Gasteiger partial charge in [-0.05, 0) is 47.9 Å². The summed E-state index contributed by atoms with van der Waals surface area (Å²) in [7, 11) is 0. The van der Waals surface area contributed by atoms with Gasteiger partial charge in [0.25, 0.3) is 0 Å². The maximum atomic E-state index is 13.7. The highest BCUT2D eigenvalue weighted by Crippen LogP contribution is 2.45. The van der Waals surface area contributed by atoms with Gasteiger partial charge in [0.05, 0.1) is 5.56 Å². The number of aromatic carboxylic acids is 1. The summed E-state index contributed by atoms with van der Waals surface area (Å²) in [4.78, 5) is 13.7. The Labute approximate surface area is 139 Å². The van der Waals surface area contributed by atoms with Gasteiger partial charge < -0.3 is 10.8 Å². The van der Waals surface area contributed by atoms with Gasteiger partial charge in [0.15, 0.2) is 0 Å². The van der Waals surface area contributed by atoms with Gasteiger partial charge in [0.1, 0.15) is 5.82 Å². The van der Waals surface area contributed by atoms with Crippen LogP contribution in [0.4, 0.5) is 4.39 Å². The molecule has 1 aromatic heterocycles. The van der Waals surface area contributed by atoms with Gasteiger partial charge in [-0.25, -0.2) is 9.18 Å². The van der Waals surface area contributed by atoms with Crippen LogP contribution in [0.15, 0.2) is 18.2 Å². The Kier molecular flexibility index (Phi) is 4.02. The minimum Gasteiger partial charge on any atom is -0.478 e. The summed E-state index contributed by atoms with van der Waals surface area (Å²) < 4.78 is 13.7. The van der Waals surface area contributed by atoms with Gasteiger partial charge in [0.2, 0.25) is 0 Å². The van der Waals surface area contributed by atoms with Crippen LogP contribution in [0.2, 0.25) is 0 Å². The Hall–Kier alpha value is -1.72. The minimum atomic E-state index is -0.908. The van der Waals surface area contributed by atoms with Crippen LogP contribution in [0.5, 0.6) is 0 Å². The summed E-state index contributed by atoms with van der Waals surface area (Å²) in [5.74, 6) is -1.26. The zero-order valence-electron chi connectivity index (χ0n) is 13.3. The first-order chi connectivity index (χ1) is 10.8. The highest BCUT2D eigenvalue weighted by molar-refractivity contribution is 7.16. The Morgan fingerprint density at radius 1 is 1.43 bits per heavy atom. The molecule has 0 unspecified atom stereocenters. The number of halogens is 1. The SMILES string of the molecule is CC1(C)CCc2sc(-c3ccc(F)c(CN)c3)c(C(=O)O)c2C1. The number of rotatable bonds is 3. The van der Waals surface area contributed by atoms with Crippen molar-refractivity contribution in [3.05, 3.63) is 45.6 Å². The van der Waals surface area contributed by atoms with Gasteiger partial charge in [0, 0.05) is 21.9 Å². The molecule has 3 N–H and O–H groups in total. The first kappa shape index (κ1) is 16.1. The number of benzene rings is 1. The van der Waals surface area contributed by atoms with Crippen molar-refractivity contribution in [2.45, 2.75) is 39.7 Å². The lowest BCUT2D eigenvalue weighted by molar-refractivity contribution is 0.0696. The lowest BCUT2D eigenvalue weighted by Gasteiger charge is -2.29. The molecular weight excluding hydrogens is 313 g/mol. The summed E-state index contributed by atoms with van der Waals surface area (Å²) >= 11 is 1.53. The van der Waals surface area contributed by atoms with Crippen molar-refractivity contribution >= 4 is 17.3 Å². The second-order valence-electron chi connectivity index (χ2n) is 6.86. The number of carbonyl (C=O) groups is 1. The molecule has 1 aliphatic carbocycles. The number of hydrogen-bond donors (Lipinski definition) is 2. The van der Waals surface area contributed by atoms with E-state index in [4.69, 9.17) is 5.73 Å². The molecule has 0 aliphatic heterocycles. The zero-order valence-corrected chi connectivity index (χ0v) is 14.1. The maximum Gasteiger partial charge on any atom is 0.337 e. The molecule has 2 aromatic rings. The number of fused-ring (bicyclic) bond motifs is 1. The van der Waals surface area contributed by atoms with Crippen LogP contribution in [0, 0.1) is 11.2 Å². The molecule has 0 saturated carbocycles. The topological polar surface area (TPSA) is 63.3 Å². The average molecular weight is 333 g/mol. The van der Waals surface area contributed by atoms with Gasteiger partial charge in [-0.15, -0.1) is 11.3 Å². The van der Waals surface area contributed by atoms with Crippen LogP contribution in [0.25, 0.3) is 10.4 Å². The lowest BCUT2D eigenvalue weighted by atomic mass is 9.76. The molecule has 122 valence electrons. The third kappa shape index (κ3) is 2.91. The fourth-order valence-electron chi connectivity index (χ4n) is 3.22. The predicted molar refractivity (Wildman–Crippen MR) is 90.4 cm³/mol. The third-order valence-electron chi connectivity index (χ3n) is 4.52. The molecule has 23 heavy (non-hydrogen) atoms. The van der Waals surface area contributed by atoms with Crippen LogP contribution in [-0.4, -0.2) is 11.1 Å². The Bertz CT molecular complexity index is 780. The fourth-order valence-corrected chi connectivity index (χ4v) is 4.53. The molecule has 0 radical (unpaired) electrons. The minimum absolute atomic E-state index is 0.0974. The zero-order chi connectivity index (χ0) is 16.8. The Balaban J connectivity index is 2.17. The van der Waals surface area contributed by atoms with E-state index in [-0.39, 0.29) is 17.8 Å². The van der Waals surface area contributed by atoms with Crippen LogP contribution in [0.3, 0.4) is 0 Å². The van der Waals surface area contributed by atoms with Crippen LogP contribution < -0.4 is 5.73 Å². The molecule has 0 spiro atoms. The van der Waals surface area contributed by atoms with E-state index in [0.29, 0.717) is 11.1 Å². The van der Waals surface area contributed by atoms with E-state index in [2.05, 4.69) is 13.8 Å². The largest absolute Gasteiger partial charge is 0.478 e. The van der Waals surface area contributed by atoms with Crippen molar-refractivity contribution in [1.29, 1.82) is 0 Å². The van der Waals surface area contributed by atoms with Crippen molar-refractivity contribution in [2.75, 3.05) is 0 Å². The number of nitrogens with two attached hydrogens (primary N) is 1. The van der Waals surface area contributed by atoms with E-state index < -0.39 is 5.97 Å². The Morgan fingerprint density at radius 2 is 2.17 bits per heavy atom. The number of hydrogen-bond acceptors (Lipinski definition) is 3. The first-order valence-corrected chi connectivity index (χ1v) is 8.51. The van der Waals surface area contributed by atoms with Crippen molar-refractivity contribution in [3.8, 4) is 10.4 Å². The summed E-state index contributed by atoms with van der Waals surface area (Å²) in [6, 6.07) is 4.68. The highest BCUT2D eigenvalue weighted by Gasteiger charge is 2.33. The monoisotopic (exact) mass is 333 g/mol. The van der Waals surface area contributed by atoms with Crippen LogP contribution in [-0.2, 0) is 19.4 Å². The highest BCUT2D eigenvalue weighted by atomic mass is 32.1. The van der Waals surface area contributed by atoms with E-state index in [1.807, 2.05) is 0 Å².